The van der Waals surface area contributed by atoms with Gasteiger partial charge in [-0.25, -0.2) is 4.98 Å². The number of rotatable bonds is 3. The van der Waals surface area contributed by atoms with Crippen molar-refractivity contribution in [2.24, 2.45) is 0 Å². The van der Waals surface area contributed by atoms with Gasteiger partial charge in [-0.2, -0.15) is 5.26 Å². The molecule has 0 fully saturated rings. The monoisotopic (exact) mass is 410 g/mol. The second-order valence-electron chi connectivity index (χ2n) is 5.70. The fraction of sp³-hybridized carbons (Fsp3) is 0. The minimum absolute atomic E-state index is 0.125. The van der Waals surface area contributed by atoms with Crippen molar-refractivity contribution in [3.8, 4) is 16.5 Å². The van der Waals surface area contributed by atoms with Crippen LogP contribution in [0.25, 0.3) is 20.7 Å². The number of carbonyl (C=O) groups excluding carboxylic acids is 1. The quantitative estimate of drug-likeness (QED) is 0.465. The molecule has 0 saturated carbocycles. The largest absolute Gasteiger partial charge is 0.397 e. The van der Waals surface area contributed by atoms with Gasteiger partial charge in [0.05, 0.1) is 5.69 Å². The number of fused-ring (bicyclic) bond motifs is 1. The van der Waals surface area contributed by atoms with Crippen LogP contribution in [0.15, 0.2) is 41.8 Å². The summed E-state index contributed by atoms with van der Waals surface area (Å²) in [6, 6.07) is 12.5. The molecule has 3 heterocycles. The summed E-state index contributed by atoms with van der Waals surface area (Å²) in [5.74, 6) is -0.0958. The Kier molecular flexibility index (Phi) is 4.32. The number of carbonyl (C=O) groups is 1. The number of benzene rings is 1. The predicted octanol–water partition coefficient (Wildman–Crippen LogP) is 4.95. The highest BCUT2D eigenvalue weighted by Crippen LogP contribution is 2.44. The molecule has 0 amide bonds. The molecule has 0 bridgehead atoms. The average Bonchev–Trinajstić information content (AvgIpc) is 3.29. The summed E-state index contributed by atoms with van der Waals surface area (Å²) in [5, 5.41) is 12.6. The maximum Gasteiger partial charge on any atom is 0.205 e. The van der Waals surface area contributed by atoms with E-state index in [0.29, 0.717) is 36.9 Å². The number of nitriles is 1. The zero-order valence-corrected chi connectivity index (χ0v) is 16.1. The number of nitrogens with two attached hydrogens (primary N) is 2. The number of hydrogen-bond donors (Lipinski definition) is 2. The normalized spacial score (nSPS) is 10.8. The molecule has 0 aliphatic heterocycles. The second-order valence-corrected chi connectivity index (χ2v) is 8.08. The molecule has 4 N–H and O–H groups in total. The Morgan fingerprint density at radius 1 is 1.19 bits per heavy atom. The van der Waals surface area contributed by atoms with E-state index in [1.165, 1.54) is 22.7 Å². The van der Waals surface area contributed by atoms with E-state index in [2.05, 4.69) is 11.1 Å². The van der Waals surface area contributed by atoms with E-state index in [9.17, 15) is 10.1 Å². The van der Waals surface area contributed by atoms with Gasteiger partial charge in [0.1, 0.15) is 27.2 Å². The van der Waals surface area contributed by atoms with Gasteiger partial charge in [-0.05, 0) is 35.7 Å². The molecule has 0 spiro atoms. The molecule has 3 aromatic heterocycles. The molecule has 4 rings (SSSR count). The zero-order chi connectivity index (χ0) is 19.1. The molecule has 132 valence electrons. The Hall–Kier alpha value is -2.92. The third-order valence-electron chi connectivity index (χ3n) is 4.10. The Bertz CT molecular complexity index is 1220. The first-order valence-corrected chi connectivity index (χ1v) is 9.84. The Balaban J connectivity index is 2.00. The lowest BCUT2D eigenvalue weighted by Gasteiger charge is -2.07. The summed E-state index contributed by atoms with van der Waals surface area (Å²) in [4.78, 5) is 19.0. The maximum atomic E-state index is 13.0. The van der Waals surface area contributed by atoms with Crippen LogP contribution in [-0.2, 0) is 0 Å². The van der Waals surface area contributed by atoms with Crippen LogP contribution in [0.3, 0.4) is 0 Å². The third-order valence-corrected chi connectivity index (χ3v) is 6.33. The lowest BCUT2D eigenvalue weighted by molar-refractivity contribution is 0.104. The van der Waals surface area contributed by atoms with Gasteiger partial charge < -0.3 is 11.5 Å². The predicted molar refractivity (Wildman–Crippen MR) is 111 cm³/mol. The van der Waals surface area contributed by atoms with E-state index in [0.717, 1.165) is 4.88 Å². The number of pyridine rings is 1. The number of aromatic nitrogens is 1. The van der Waals surface area contributed by atoms with Crippen LogP contribution >= 0.6 is 34.3 Å². The van der Waals surface area contributed by atoms with Crippen LogP contribution in [0.5, 0.6) is 0 Å². The summed E-state index contributed by atoms with van der Waals surface area (Å²) in [5.41, 5.74) is 14.0. The van der Waals surface area contributed by atoms with Crippen molar-refractivity contribution in [3.05, 3.63) is 62.8 Å². The second kappa shape index (κ2) is 6.67. The summed E-state index contributed by atoms with van der Waals surface area (Å²) in [6.45, 7) is 0. The summed E-state index contributed by atoms with van der Waals surface area (Å²) < 4.78 is 0. The fourth-order valence-corrected chi connectivity index (χ4v) is 4.83. The van der Waals surface area contributed by atoms with Crippen molar-refractivity contribution in [1.29, 1.82) is 5.26 Å². The van der Waals surface area contributed by atoms with E-state index in [4.69, 9.17) is 23.1 Å². The highest BCUT2D eigenvalue weighted by atomic mass is 35.5. The van der Waals surface area contributed by atoms with Gasteiger partial charge in [-0.3, -0.25) is 4.79 Å². The molecule has 1 aromatic carbocycles. The molecule has 5 nitrogen and oxygen atoms in total. The molecule has 27 heavy (non-hydrogen) atoms. The Labute approximate surface area is 167 Å². The smallest absolute Gasteiger partial charge is 0.205 e. The minimum Gasteiger partial charge on any atom is -0.397 e. The van der Waals surface area contributed by atoms with Crippen LogP contribution in [-0.4, -0.2) is 10.8 Å². The standard InChI is InChI=1S/C19H11ClN4OS2/c20-10-5-3-9(4-6-10)16(25)17-15(22)14-13(12-2-1-7-26-12)11(8-21)18(23)24-19(14)27-17/h1-7H,22H2,(H2,23,24). The van der Waals surface area contributed by atoms with Crippen molar-refractivity contribution in [3.63, 3.8) is 0 Å². The van der Waals surface area contributed by atoms with Gasteiger partial charge in [-0.1, -0.05) is 17.7 Å². The molecule has 8 heteroatoms. The summed E-state index contributed by atoms with van der Waals surface area (Å²) in [6.07, 6.45) is 0. The molecule has 0 saturated heterocycles. The maximum absolute atomic E-state index is 13.0. The van der Waals surface area contributed by atoms with Gasteiger partial charge >= 0.3 is 0 Å². The lowest BCUT2D eigenvalue weighted by Crippen LogP contribution is -2.02. The van der Waals surface area contributed by atoms with Gasteiger partial charge in [0.25, 0.3) is 0 Å². The highest BCUT2D eigenvalue weighted by Gasteiger charge is 2.25. The number of ketones is 1. The number of nitrogens with zero attached hydrogens (tertiary/aromatic N) is 2. The van der Waals surface area contributed by atoms with Crippen molar-refractivity contribution < 1.29 is 4.79 Å². The highest BCUT2D eigenvalue weighted by molar-refractivity contribution is 7.21. The van der Waals surface area contributed by atoms with Crippen LogP contribution in [0.1, 0.15) is 20.8 Å². The molecule has 0 radical (unpaired) electrons. The number of nitrogen functional groups attached to an aromatic ring is 2. The Morgan fingerprint density at radius 3 is 2.56 bits per heavy atom. The van der Waals surface area contributed by atoms with Crippen LogP contribution in [0.4, 0.5) is 11.5 Å². The first kappa shape index (κ1) is 17.5. The van der Waals surface area contributed by atoms with Crippen molar-refractivity contribution in [2.45, 2.75) is 0 Å². The van der Waals surface area contributed by atoms with Crippen molar-refractivity contribution >= 4 is 61.8 Å². The first-order valence-electron chi connectivity index (χ1n) is 7.77. The van der Waals surface area contributed by atoms with E-state index < -0.39 is 0 Å². The molecule has 0 aliphatic carbocycles. The van der Waals surface area contributed by atoms with Gasteiger partial charge in [0.15, 0.2) is 0 Å². The number of halogens is 1. The van der Waals surface area contributed by atoms with E-state index in [1.807, 2.05) is 17.5 Å². The van der Waals surface area contributed by atoms with Crippen molar-refractivity contribution in [1.82, 2.24) is 4.98 Å². The molecule has 0 aliphatic rings. The van der Waals surface area contributed by atoms with E-state index in [-0.39, 0.29) is 17.2 Å². The topological polar surface area (TPSA) is 106 Å². The van der Waals surface area contributed by atoms with E-state index >= 15 is 0 Å². The van der Waals surface area contributed by atoms with E-state index in [1.54, 1.807) is 24.3 Å². The molecule has 0 unspecified atom stereocenters. The SMILES string of the molecule is N#Cc1c(N)nc2sc(C(=O)c3ccc(Cl)cc3)c(N)c2c1-c1cccs1. The average molecular weight is 411 g/mol. The van der Waals surface area contributed by atoms with Gasteiger partial charge in [-0.15, -0.1) is 22.7 Å². The zero-order valence-electron chi connectivity index (χ0n) is 13.7. The molecular formula is C19H11ClN4OS2. The van der Waals surface area contributed by atoms with Crippen LogP contribution in [0.2, 0.25) is 5.02 Å². The Morgan fingerprint density at radius 2 is 1.93 bits per heavy atom. The minimum atomic E-state index is -0.221. The van der Waals surface area contributed by atoms with Gasteiger partial charge in [0.2, 0.25) is 5.78 Å². The van der Waals surface area contributed by atoms with Crippen molar-refractivity contribution in [2.75, 3.05) is 11.5 Å². The lowest BCUT2D eigenvalue weighted by atomic mass is 10.0. The van der Waals surface area contributed by atoms with Crippen LogP contribution in [0, 0.1) is 11.3 Å². The fourth-order valence-electron chi connectivity index (χ4n) is 2.85. The molecule has 4 aromatic rings. The summed E-state index contributed by atoms with van der Waals surface area (Å²) >= 11 is 8.54. The van der Waals surface area contributed by atoms with Gasteiger partial charge in [0, 0.05) is 26.4 Å². The third kappa shape index (κ3) is 2.84. The summed E-state index contributed by atoms with van der Waals surface area (Å²) in [7, 11) is 0. The number of anilines is 2. The number of hydrogen-bond acceptors (Lipinski definition) is 7. The number of thiophene rings is 2. The molecule has 0 atom stereocenters. The van der Waals surface area contributed by atoms with Crippen LogP contribution < -0.4 is 11.5 Å². The molecular weight excluding hydrogens is 400 g/mol. The first-order chi connectivity index (χ1) is 13.0.